The van der Waals surface area contributed by atoms with Gasteiger partial charge < -0.3 is 10.5 Å². The molecule has 0 saturated heterocycles. The van der Waals surface area contributed by atoms with Crippen LogP contribution in [0.1, 0.15) is 46.5 Å². The highest BCUT2D eigenvalue weighted by Gasteiger charge is 2.15. The van der Waals surface area contributed by atoms with Crippen LogP contribution >= 0.6 is 0 Å². The molecule has 15 heavy (non-hydrogen) atoms. The van der Waals surface area contributed by atoms with Gasteiger partial charge in [0.1, 0.15) is 5.54 Å². The maximum absolute atomic E-state index is 8.69. The fraction of sp³-hybridized carbons (Fsp3) is 0.917. The molecular weight excluding hydrogens is 188 g/mol. The monoisotopic (exact) mass is 212 g/mol. The van der Waals surface area contributed by atoms with Gasteiger partial charge in [-0.2, -0.15) is 5.26 Å². The van der Waals surface area contributed by atoms with E-state index < -0.39 is 5.54 Å². The van der Waals surface area contributed by atoms with E-state index in [2.05, 4.69) is 19.9 Å². The standard InChI is InChI=1S/C12H24N2O/c1-11(2)6-9-15-8-5-4-7-12(3,14)10-13/h11H,4-9,14H2,1-3H3. The van der Waals surface area contributed by atoms with E-state index in [9.17, 15) is 0 Å². The third-order valence-electron chi connectivity index (χ3n) is 2.33. The van der Waals surface area contributed by atoms with E-state index in [0.717, 1.165) is 38.9 Å². The van der Waals surface area contributed by atoms with Crippen molar-refractivity contribution in [3.05, 3.63) is 0 Å². The van der Waals surface area contributed by atoms with Crippen molar-refractivity contribution in [1.82, 2.24) is 0 Å². The number of nitriles is 1. The molecule has 0 heterocycles. The molecular formula is C12H24N2O. The van der Waals surface area contributed by atoms with Crippen molar-refractivity contribution in [2.45, 2.75) is 52.0 Å². The van der Waals surface area contributed by atoms with Gasteiger partial charge in [0.15, 0.2) is 0 Å². The number of unbranched alkanes of at least 4 members (excludes halogenated alkanes) is 1. The Labute approximate surface area is 93.6 Å². The molecule has 0 aliphatic rings. The molecule has 1 unspecified atom stereocenters. The zero-order valence-electron chi connectivity index (χ0n) is 10.3. The fourth-order valence-electron chi connectivity index (χ4n) is 1.17. The van der Waals surface area contributed by atoms with Crippen molar-refractivity contribution in [2.75, 3.05) is 13.2 Å². The van der Waals surface area contributed by atoms with Crippen LogP contribution in [0.15, 0.2) is 0 Å². The average molecular weight is 212 g/mol. The van der Waals surface area contributed by atoms with Crippen LogP contribution in [0.25, 0.3) is 0 Å². The predicted molar refractivity (Wildman–Crippen MR) is 62.3 cm³/mol. The maximum Gasteiger partial charge on any atom is 0.101 e. The Morgan fingerprint density at radius 2 is 2.00 bits per heavy atom. The summed E-state index contributed by atoms with van der Waals surface area (Å²) in [5.41, 5.74) is 5.03. The first kappa shape index (κ1) is 14.4. The van der Waals surface area contributed by atoms with E-state index in [0.29, 0.717) is 5.92 Å². The van der Waals surface area contributed by atoms with Crippen LogP contribution in [0.4, 0.5) is 0 Å². The summed E-state index contributed by atoms with van der Waals surface area (Å²) < 4.78 is 5.47. The van der Waals surface area contributed by atoms with Crippen LogP contribution in [-0.4, -0.2) is 18.8 Å². The Hall–Kier alpha value is -0.590. The van der Waals surface area contributed by atoms with Crippen molar-refractivity contribution >= 4 is 0 Å². The molecule has 0 rings (SSSR count). The molecule has 0 aliphatic carbocycles. The SMILES string of the molecule is CC(C)CCOCCCCC(C)(N)C#N. The summed E-state index contributed by atoms with van der Waals surface area (Å²) in [6, 6.07) is 2.10. The molecule has 0 aliphatic heterocycles. The Kier molecular flexibility index (Phi) is 7.37. The van der Waals surface area contributed by atoms with E-state index in [1.165, 1.54) is 0 Å². The minimum atomic E-state index is -0.669. The quantitative estimate of drug-likeness (QED) is 0.629. The summed E-state index contributed by atoms with van der Waals surface area (Å²) in [4.78, 5) is 0. The van der Waals surface area contributed by atoms with Gasteiger partial charge in [-0.1, -0.05) is 13.8 Å². The molecule has 0 spiro atoms. The minimum absolute atomic E-state index is 0.669. The molecule has 3 nitrogen and oxygen atoms in total. The van der Waals surface area contributed by atoms with Gasteiger partial charge in [0.2, 0.25) is 0 Å². The Balaban J connectivity index is 3.23. The second-order valence-corrected chi connectivity index (χ2v) is 4.78. The second kappa shape index (κ2) is 7.67. The summed E-state index contributed by atoms with van der Waals surface area (Å²) in [5.74, 6) is 0.705. The topological polar surface area (TPSA) is 59.0 Å². The molecule has 2 N–H and O–H groups in total. The number of ether oxygens (including phenoxy) is 1. The van der Waals surface area contributed by atoms with Crippen LogP contribution in [0.2, 0.25) is 0 Å². The van der Waals surface area contributed by atoms with E-state index in [1.54, 1.807) is 6.92 Å². The van der Waals surface area contributed by atoms with Crippen molar-refractivity contribution in [3.63, 3.8) is 0 Å². The molecule has 0 aromatic heterocycles. The Morgan fingerprint density at radius 1 is 1.33 bits per heavy atom. The lowest BCUT2D eigenvalue weighted by Crippen LogP contribution is -2.33. The third kappa shape index (κ3) is 9.71. The summed E-state index contributed by atoms with van der Waals surface area (Å²) >= 11 is 0. The minimum Gasteiger partial charge on any atom is -0.381 e. The molecule has 0 fully saturated rings. The number of nitrogens with zero attached hydrogens (tertiary/aromatic N) is 1. The molecule has 0 radical (unpaired) electrons. The zero-order valence-corrected chi connectivity index (χ0v) is 10.3. The number of hydrogen-bond donors (Lipinski definition) is 1. The Bertz CT molecular complexity index is 194. The second-order valence-electron chi connectivity index (χ2n) is 4.78. The van der Waals surface area contributed by atoms with E-state index >= 15 is 0 Å². The van der Waals surface area contributed by atoms with Gasteiger partial charge in [0.25, 0.3) is 0 Å². The van der Waals surface area contributed by atoms with E-state index in [4.69, 9.17) is 15.7 Å². The molecule has 1 atom stereocenters. The largest absolute Gasteiger partial charge is 0.381 e. The summed E-state index contributed by atoms with van der Waals surface area (Å²) in [7, 11) is 0. The van der Waals surface area contributed by atoms with E-state index in [-0.39, 0.29) is 0 Å². The molecule has 88 valence electrons. The first-order chi connectivity index (χ1) is 6.98. The Morgan fingerprint density at radius 3 is 2.53 bits per heavy atom. The van der Waals surface area contributed by atoms with Gasteiger partial charge in [0.05, 0.1) is 6.07 Å². The molecule has 0 aromatic carbocycles. The lowest BCUT2D eigenvalue weighted by molar-refractivity contribution is 0.119. The lowest BCUT2D eigenvalue weighted by Gasteiger charge is -2.14. The predicted octanol–water partition coefficient (Wildman–Crippen LogP) is 2.46. The number of rotatable bonds is 8. The molecule has 0 bridgehead atoms. The number of hydrogen-bond acceptors (Lipinski definition) is 3. The van der Waals surface area contributed by atoms with Crippen LogP contribution in [0.5, 0.6) is 0 Å². The molecule has 0 amide bonds. The van der Waals surface area contributed by atoms with Gasteiger partial charge in [-0.15, -0.1) is 0 Å². The van der Waals surface area contributed by atoms with Crippen LogP contribution in [0.3, 0.4) is 0 Å². The van der Waals surface area contributed by atoms with Gasteiger partial charge in [-0.05, 0) is 38.5 Å². The molecule has 0 aromatic rings. The average Bonchev–Trinajstić information content (AvgIpc) is 2.16. The lowest BCUT2D eigenvalue weighted by atomic mass is 9.98. The maximum atomic E-state index is 8.69. The van der Waals surface area contributed by atoms with Crippen molar-refractivity contribution in [1.29, 1.82) is 5.26 Å². The first-order valence-corrected chi connectivity index (χ1v) is 5.76. The number of nitrogens with two attached hydrogens (primary N) is 1. The summed E-state index contributed by atoms with van der Waals surface area (Å²) in [6.45, 7) is 7.78. The smallest absolute Gasteiger partial charge is 0.101 e. The molecule has 3 heteroatoms. The van der Waals surface area contributed by atoms with Crippen molar-refractivity contribution in [3.8, 4) is 6.07 Å². The van der Waals surface area contributed by atoms with Gasteiger partial charge in [-0.3, -0.25) is 0 Å². The van der Waals surface area contributed by atoms with Crippen LogP contribution < -0.4 is 5.73 Å². The first-order valence-electron chi connectivity index (χ1n) is 5.76. The van der Waals surface area contributed by atoms with Gasteiger partial charge in [0, 0.05) is 13.2 Å². The summed E-state index contributed by atoms with van der Waals surface area (Å²) in [6.07, 6.45) is 3.82. The fourth-order valence-corrected chi connectivity index (χ4v) is 1.17. The zero-order chi connectivity index (χ0) is 11.7. The highest BCUT2D eigenvalue weighted by atomic mass is 16.5. The van der Waals surface area contributed by atoms with Crippen LogP contribution in [-0.2, 0) is 4.74 Å². The van der Waals surface area contributed by atoms with E-state index in [1.807, 2.05) is 0 Å². The highest BCUT2D eigenvalue weighted by molar-refractivity contribution is 5.00. The third-order valence-corrected chi connectivity index (χ3v) is 2.33. The van der Waals surface area contributed by atoms with Crippen LogP contribution in [0, 0.1) is 17.2 Å². The van der Waals surface area contributed by atoms with Gasteiger partial charge >= 0.3 is 0 Å². The molecule has 0 saturated carbocycles. The summed E-state index contributed by atoms with van der Waals surface area (Å²) in [5, 5.41) is 8.69. The normalized spacial score (nSPS) is 14.9. The highest BCUT2D eigenvalue weighted by Crippen LogP contribution is 2.09. The van der Waals surface area contributed by atoms with Crippen molar-refractivity contribution in [2.24, 2.45) is 11.7 Å². The van der Waals surface area contributed by atoms with Crippen molar-refractivity contribution < 1.29 is 4.74 Å². The van der Waals surface area contributed by atoms with Gasteiger partial charge in [-0.25, -0.2) is 0 Å².